The summed E-state index contributed by atoms with van der Waals surface area (Å²) in [5, 5.41) is 0.931. The molecule has 1 aromatic heterocycles. The molecule has 0 aliphatic carbocycles. The molecule has 6 nitrogen and oxygen atoms in total. The van der Waals surface area contributed by atoms with Crippen molar-refractivity contribution in [1.29, 1.82) is 0 Å². The van der Waals surface area contributed by atoms with E-state index in [-0.39, 0.29) is 11.8 Å². The summed E-state index contributed by atoms with van der Waals surface area (Å²) in [6.45, 7) is 1.70. The van der Waals surface area contributed by atoms with Crippen LogP contribution in [0.25, 0.3) is 10.9 Å². The molecule has 1 fully saturated rings. The van der Waals surface area contributed by atoms with Crippen LogP contribution in [0.3, 0.4) is 0 Å². The number of para-hydroxylation sites is 1. The number of Topliss-reactive ketones (excluding diaryl/α,β-unsaturated/α-hetero) is 1. The summed E-state index contributed by atoms with van der Waals surface area (Å²) in [5.74, 6) is 0.0578. The number of nitrogens with zero attached hydrogens (tertiary/aromatic N) is 1. The average Bonchev–Trinajstić information content (AvgIpc) is 2.89. The molecule has 0 bridgehead atoms. The maximum atomic E-state index is 12.6. The largest absolute Gasteiger partial charge is 0.360 e. The molecule has 1 atom stereocenters. The first-order valence-corrected chi connectivity index (χ1v) is 9.60. The monoisotopic (exact) mass is 335 g/mol. The summed E-state index contributed by atoms with van der Waals surface area (Å²) in [5.41, 5.74) is 1.64. The number of aromatic amines is 1. The molecule has 1 aliphatic rings. The zero-order valence-corrected chi connectivity index (χ0v) is 13.9. The highest BCUT2D eigenvalue weighted by atomic mass is 32.2. The third kappa shape index (κ3) is 3.99. The minimum Gasteiger partial charge on any atom is -0.360 e. The van der Waals surface area contributed by atoms with Gasteiger partial charge in [0.05, 0.1) is 12.8 Å². The van der Waals surface area contributed by atoms with Crippen molar-refractivity contribution >= 4 is 26.7 Å². The number of hydrogen-bond acceptors (Lipinski definition) is 4. The van der Waals surface area contributed by atoms with Crippen molar-refractivity contribution in [2.24, 2.45) is 0 Å². The third-order valence-electron chi connectivity index (χ3n) is 4.14. The van der Waals surface area contributed by atoms with Gasteiger partial charge in [0.15, 0.2) is 5.78 Å². The molecule has 2 heterocycles. The second-order valence-corrected chi connectivity index (χ2v) is 7.92. The van der Waals surface area contributed by atoms with Gasteiger partial charge in [-0.25, -0.2) is 13.1 Å². The lowest BCUT2D eigenvalue weighted by Crippen LogP contribution is -2.48. The third-order valence-corrected chi connectivity index (χ3v) is 4.90. The number of sulfonamides is 1. The lowest BCUT2D eigenvalue weighted by Gasteiger charge is -2.32. The Bertz CT molecular complexity index is 813. The normalized spacial score (nSPS) is 20.0. The van der Waals surface area contributed by atoms with Crippen LogP contribution in [-0.2, 0) is 10.0 Å². The van der Waals surface area contributed by atoms with Gasteiger partial charge in [0.1, 0.15) is 0 Å². The van der Waals surface area contributed by atoms with Crippen LogP contribution in [0.1, 0.15) is 23.2 Å². The Kier molecular flexibility index (Phi) is 4.52. The summed E-state index contributed by atoms with van der Waals surface area (Å²) < 4.78 is 25.4. The number of H-pyrrole nitrogens is 1. The molecular formula is C16H21N3O3S. The second-order valence-electron chi connectivity index (χ2n) is 6.14. The molecule has 0 radical (unpaired) electrons. The van der Waals surface area contributed by atoms with Crippen LogP contribution in [-0.4, -0.2) is 56.0 Å². The fourth-order valence-electron chi connectivity index (χ4n) is 3.19. The average molecular weight is 335 g/mol. The maximum absolute atomic E-state index is 12.6. The predicted molar refractivity (Wildman–Crippen MR) is 90.1 cm³/mol. The zero-order chi connectivity index (χ0) is 16.4. The summed E-state index contributed by atoms with van der Waals surface area (Å²) in [6, 6.07) is 7.61. The SMILES string of the molecule is CS(=O)(=O)NC1CCCN(CC(=O)c2c[nH]c3ccccc23)C1. The molecule has 1 unspecified atom stereocenters. The maximum Gasteiger partial charge on any atom is 0.208 e. The Labute approximate surface area is 135 Å². The number of hydrogen-bond donors (Lipinski definition) is 2. The second kappa shape index (κ2) is 6.43. The quantitative estimate of drug-likeness (QED) is 0.809. The molecule has 2 aromatic rings. The lowest BCUT2D eigenvalue weighted by molar-refractivity contribution is 0.0907. The van der Waals surface area contributed by atoms with Gasteiger partial charge in [-0.15, -0.1) is 0 Å². The topological polar surface area (TPSA) is 82.3 Å². The van der Waals surface area contributed by atoms with E-state index >= 15 is 0 Å². The first-order chi connectivity index (χ1) is 10.9. The Balaban J connectivity index is 1.68. The first kappa shape index (κ1) is 16.2. The van der Waals surface area contributed by atoms with Gasteiger partial charge >= 0.3 is 0 Å². The summed E-state index contributed by atoms with van der Waals surface area (Å²) in [4.78, 5) is 17.7. The van der Waals surface area contributed by atoms with Crippen molar-refractivity contribution in [3.8, 4) is 0 Å². The molecular weight excluding hydrogens is 314 g/mol. The number of carbonyl (C=O) groups excluding carboxylic acids is 1. The van der Waals surface area contributed by atoms with Gasteiger partial charge in [-0.05, 0) is 25.5 Å². The van der Waals surface area contributed by atoms with E-state index in [9.17, 15) is 13.2 Å². The van der Waals surface area contributed by atoms with Crippen molar-refractivity contribution in [1.82, 2.24) is 14.6 Å². The number of ketones is 1. The molecule has 1 saturated heterocycles. The standard InChI is InChI=1S/C16H21N3O3S/c1-23(21,22)18-12-5-4-8-19(10-12)11-16(20)14-9-17-15-7-3-2-6-13(14)15/h2-3,6-7,9,12,17-18H,4-5,8,10-11H2,1H3. The molecule has 23 heavy (non-hydrogen) atoms. The van der Waals surface area contributed by atoms with Crippen LogP contribution in [0, 0.1) is 0 Å². The summed E-state index contributed by atoms with van der Waals surface area (Å²) in [6.07, 6.45) is 4.62. The van der Waals surface area contributed by atoms with E-state index in [1.54, 1.807) is 6.20 Å². The van der Waals surface area contributed by atoms with E-state index in [0.717, 1.165) is 30.3 Å². The van der Waals surface area contributed by atoms with Crippen LogP contribution >= 0.6 is 0 Å². The van der Waals surface area contributed by atoms with Crippen LogP contribution in [0.5, 0.6) is 0 Å². The number of nitrogens with one attached hydrogen (secondary N) is 2. The molecule has 1 aliphatic heterocycles. The number of piperidine rings is 1. The van der Waals surface area contributed by atoms with Gasteiger partial charge < -0.3 is 4.98 Å². The Morgan fingerprint density at radius 2 is 2.17 bits per heavy atom. The lowest BCUT2D eigenvalue weighted by atomic mass is 10.0. The molecule has 0 saturated carbocycles. The molecule has 124 valence electrons. The fraction of sp³-hybridized carbons (Fsp3) is 0.438. The van der Waals surface area contributed by atoms with Gasteiger partial charge in [-0.1, -0.05) is 18.2 Å². The molecule has 0 spiro atoms. The van der Waals surface area contributed by atoms with Gasteiger partial charge in [0, 0.05) is 35.2 Å². The van der Waals surface area contributed by atoms with E-state index in [0.29, 0.717) is 18.7 Å². The minimum atomic E-state index is -3.21. The Hall–Kier alpha value is -1.70. The molecule has 0 amide bonds. The van der Waals surface area contributed by atoms with Crippen molar-refractivity contribution in [2.45, 2.75) is 18.9 Å². The predicted octanol–water partition coefficient (Wildman–Crippen LogP) is 1.36. The highest BCUT2D eigenvalue weighted by Gasteiger charge is 2.24. The van der Waals surface area contributed by atoms with Gasteiger partial charge in [-0.2, -0.15) is 0 Å². The number of rotatable bonds is 5. The van der Waals surface area contributed by atoms with Crippen molar-refractivity contribution in [3.63, 3.8) is 0 Å². The number of carbonyl (C=O) groups is 1. The van der Waals surface area contributed by atoms with E-state index in [1.165, 1.54) is 6.26 Å². The van der Waals surface area contributed by atoms with Gasteiger partial charge in [0.25, 0.3) is 0 Å². The molecule has 2 N–H and O–H groups in total. The van der Waals surface area contributed by atoms with E-state index in [1.807, 2.05) is 29.2 Å². The number of likely N-dealkylation sites (tertiary alicyclic amines) is 1. The summed E-state index contributed by atoms with van der Waals surface area (Å²) in [7, 11) is -3.21. The highest BCUT2D eigenvalue weighted by molar-refractivity contribution is 7.88. The number of benzene rings is 1. The number of fused-ring (bicyclic) bond motifs is 1. The Morgan fingerprint density at radius 1 is 1.39 bits per heavy atom. The molecule has 3 rings (SSSR count). The summed E-state index contributed by atoms with van der Waals surface area (Å²) >= 11 is 0. The van der Waals surface area contributed by atoms with Gasteiger partial charge in [-0.3, -0.25) is 9.69 Å². The minimum absolute atomic E-state index is 0.0578. The van der Waals surface area contributed by atoms with E-state index in [4.69, 9.17) is 0 Å². The number of aromatic nitrogens is 1. The molecule has 7 heteroatoms. The van der Waals surface area contributed by atoms with Crippen molar-refractivity contribution < 1.29 is 13.2 Å². The molecule has 1 aromatic carbocycles. The Morgan fingerprint density at radius 3 is 2.96 bits per heavy atom. The smallest absolute Gasteiger partial charge is 0.208 e. The van der Waals surface area contributed by atoms with Crippen LogP contribution in [0.2, 0.25) is 0 Å². The fourth-order valence-corrected chi connectivity index (χ4v) is 3.99. The zero-order valence-electron chi connectivity index (χ0n) is 13.1. The van der Waals surface area contributed by atoms with Crippen LogP contribution < -0.4 is 4.72 Å². The highest BCUT2D eigenvalue weighted by Crippen LogP contribution is 2.19. The van der Waals surface area contributed by atoms with E-state index < -0.39 is 10.0 Å². The van der Waals surface area contributed by atoms with Crippen molar-refractivity contribution in [2.75, 3.05) is 25.9 Å². The van der Waals surface area contributed by atoms with Crippen LogP contribution in [0.4, 0.5) is 0 Å². The first-order valence-electron chi connectivity index (χ1n) is 7.71. The van der Waals surface area contributed by atoms with Crippen molar-refractivity contribution in [3.05, 3.63) is 36.0 Å². The van der Waals surface area contributed by atoms with Gasteiger partial charge in [0.2, 0.25) is 10.0 Å². The van der Waals surface area contributed by atoms with E-state index in [2.05, 4.69) is 9.71 Å². The van der Waals surface area contributed by atoms with Crippen LogP contribution in [0.15, 0.2) is 30.5 Å².